The quantitative estimate of drug-likeness (QED) is 0.195. The molecule has 15 heteroatoms. The number of aromatic hydroxyl groups is 1. The van der Waals surface area contributed by atoms with E-state index in [1.165, 1.54) is 24.1 Å². The third-order valence-electron chi connectivity index (χ3n) is 12.1. The van der Waals surface area contributed by atoms with Crippen molar-refractivity contribution in [2.24, 2.45) is 23.7 Å². The zero-order valence-electron chi connectivity index (χ0n) is 28.9. The van der Waals surface area contributed by atoms with Gasteiger partial charge in [0.05, 0.1) is 40.9 Å². The highest BCUT2D eigenvalue weighted by Crippen LogP contribution is 2.65. The number of nitrogens with zero attached hydrogens (tertiary/aromatic N) is 3. The fourth-order valence-corrected chi connectivity index (χ4v) is 10.1. The van der Waals surface area contributed by atoms with Crippen molar-refractivity contribution in [1.29, 1.82) is 0 Å². The van der Waals surface area contributed by atoms with E-state index in [4.69, 9.17) is 27.9 Å². The van der Waals surface area contributed by atoms with Crippen LogP contribution < -0.4 is 10.2 Å². The third kappa shape index (κ3) is 5.48. The maximum Gasteiger partial charge on any atom is 0.417 e. The van der Waals surface area contributed by atoms with Gasteiger partial charge in [-0.25, -0.2) is 4.98 Å². The number of alkyl halides is 3. The van der Waals surface area contributed by atoms with Gasteiger partial charge in [0.15, 0.2) is 5.82 Å². The molecular formula is C39H35Cl2F3N4O6. The van der Waals surface area contributed by atoms with Crippen LogP contribution in [0.3, 0.4) is 0 Å². The highest BCUT2D eigenvalue weighted by Gasteiger charge is 2.71. The molecule has 0 bridgehead atoms. The van der Waals surface area contributed by atoms with Gasteiger partial charge in [0, 0.05) is 34.8 Å². The number of imide groups is 2. The monoisotopic (exact) mass is 782 g/mol. The first kappa shape index (κ1) is 36.4. The average molecular weight is 784 g/mol. The van der Waals surface area contributed by atoms with Gasteiger partial charge in [-0.2, -0.15) is 18.2 Å². The van der Waals surface area contributed by atoms with Crippen molar-refractivity contribution in [3.05, 3.63) is 93.1 Å². The van der Waals surface area contributed by atoms with Gasteiger partial charge in [0.25, 0.3) is 11.8 Å². The minimum atomic E-state index is -4.74. The van der Waals surface area contributed by atoms with Crippen LogP contribution in [0.15, 0.2) is 66.4 Å². The summed E-state index contributed by atoms with van der Waals surface area (Å²) in [6, 6.07) is 11.4. The fraction of sp³-hybridized carbons (Fsp3) is 0.410. The molecule has 5 aliphatic rings. The highest BCUT2D eigenvalue weighted by molar-refractivity contribution is 6.33. The van der Waals surface area contributed by atoms with Crippen LogP contribution in [0, 0.1) is 23.7 Å². The lowest BCUT2D eigenvalue weighted by Crippen LogP contribution is -2.53. The summed E-state index contributed by atoms with van der Waals surface area (Å²) in [5.74, 6) is -6.46. The van der Waals surface area contributed by atoms with E-state index in [0.717, 1.165) is 37.1 Å². The van der Waals surface area contributed by atoms with Gasteiger partial charge in [-0.15, -0.1) is 0 Å². The van der Waals surface area contributed by atoms with Crippen molar-refractivity contribution in [3.63, 3.8) is 0 Å². The second-order valence-corrected chi connectivity index (χ2v) is 15.5. The number of allylic oxidation sites excluding steroid dienone is 2. The number of methoxy groups -OCH3 is 1. The minimum absolute atomic E-state index is 0.000970. The number of aromatic nitrogens is 1. The van der Waals surface area contributed by atoms with Gasteiger partial charge >= 0.3 is 6.18 Å². The van der Waals surface area contributed by atoms with Crippen LogP contribution >= 0.6 is 23.2 Å². The summed E-state index contributed by atoms with van der Waals surface area (Å²) in [5.41, 5.74) is 1.30. The molecule has 2 saturated carbocycles. The molecule has 0 unspecified atom stereocenters. The molecule has 54 heavy (non-hydrogen) atoms. The molecule has 2 aliphatic heterocycles. The number of hydrazine groups is 1. The van der Waals surface area contributed by atoms with Crippen LogP contribution in [0.2, 0.25) is 10.0 Å². The van der Waals surface area contributed by atoms with Crippen LogP contribution in [-0.4, -0.2) is 56.8 Å². The van der Waals surface area contributed by atoms with Crippen LogP contribution in [-0.2, 0) is 30.8 Å². The number of nitrogens with one attached hydrogen (secondary N) is 1. The number of halogens is 5. The van der Waals surface area contributed by atoms with E-state index in [9.17, 15) is 32.7 Å². The molecule has 0 radical (unpaired) electrons. The fourth-order valence-electron chi connectivity index (χ4n) is 9.79. The molecule has 282 valence electrons. The number of hydrogen-bond acceptors (Lipinski definition) is 8. The van der Waals surface area contributed by atoms with E-state index >= 15 is 4.79 Å². The number of ether oxygens (including phenoxy) is 1. The van der Waals surface area contributed by atoms with Crippen molar-refractivity contribution in [3.8, 4) is 11.5 Å². The van der Waals surface area contributed by atoms with Crippen LogP contribution in [0.4, 0.5) is 19.0 Å². The number of likely N-dealkylation sites (tertiary alicyclic amines) is 1. The van der Waals surface area contributed by atoms with E-state index in [-0.39, 0.29) is 48.0 Å². The molecule has 8 rings (SSSR count). The summed E-state index contributed by atoms with van der Waals surface area (Å²) in [4.78, 5) is 64.0. The number of benzene rings is 2. The largest absolute Gasteiger partial charge is 0.508 e. The molecule has 10 nitrogen and oxygen atoms in total. The number of carbonyl (C=O) groups is 4. The number of rotatable bonds is 6. The molecule has 3 aliphatic carbocycles. The maximum atomic E-state index is 15.3. The summed E-state index contributed by atoms with van der Waals surface area (Å²) in [6.07, 6.45) is 2.26. The van der Waals surface area contributed by atoms with E-state index in [1.54, 1.807) is 30.3 Å². The standard InChI is InChI=1S/C39H35Cl2F3N4O6/c1-54-30-16-23(49)11-12-25(30)32-24-13-14-26-31(36(52)47(34(26)50)22-5-3-2-4-6-22)27(24)17-28-35(51)48(37(53)38(28,32)19-7-9-21(40)10-8-19)46-33-29(41)15-20(18-45-33)39(42,43)44/h7-13,15-16,18,22,26-28,31-32,49H,2-6,14,17H2,1H3,(H,45,46)/t26-,27+,28-,31-,32+,38+/m0/s1. The lowest BCUT2D eigenvalue weighted by atomic mass is 9.49. The number of phenolic OH excluding ortho intramolecular Hbond substituents is 1. The van der Waals surface area contributed by atoms with Gasteiger partial charge in [-0.3, -0.25) is 29.5 Å². The predicted octanol–water partition coefficient (Wildman–Crippen LogP) is 7.44. The van der Waals surface area contributed by atoms with Crippen molar-refractivity contribution in [2.45, 2.75) is 68.5 Å². The van der Waals surface area contributed by atoms with E-state index in [2.05, 4.69) is 10.4 Å². The Bertz CT molecular complexity index is 2110. The zero-order chi connectivity index (χ0) is 38.3. The molecule has 6 atom stereocenters. The number of carbonyl (C=O) groups excluding carboxylic acids is 4. The van der Waals surface area contributed by atoms with Gasteiger partial charge in [-0.1, -0.05) is 72.3 Å². The Morgan fingerprint density at radius 3 is 2.33 bits per heavy atom. The predicted molar refractivity (Wildman–Crippen MR) is 190 cm³/mol. The molecule has 0 spiro atoms. The third-order valence-corrected chi connectivity index (χ3v) is 12.6. The summed E-state index contributed by atoms with van der Waals surface area (Å²) in [5, 5.41) is 11.1. The van der Waals surface area contributed by atoms with Crippen molar-refractivity contribution in [1.82, 2.24) is 14.9 Å². The summed E-state index contributed by atoms with van der Waals surface area (Å²) in [6.45, 7) is 0. The van der Waals surface area contributed by atoms with E-state index in [1.807, 2.05) is 6.08 Å². The molecule has 4 fully saturated rings. The van der Waals surface area contributed by atoms with E-state index in [0.29, 0.717) is 34.0 Å². The molecule has 2 aromatic carbocycles. The molecule has 2 N–H and O–H groups in total. The first-order valence-electron chi connectivity index (χ1n) is 17.8. The number of amides is 4. The van der Waals surface area contributed by atoms with Gasteiger partial charge < -0.3 is 9.84 Å². The number of phenols is 1. The summed E-state index contributed by atoms with van der Waals surface area (Å²) >= 11 is 12.6. The second kappa shape index (κ2) is 13.3. The van der Waals surface area contributed by atoms with E-state index < -0.39 is 63.6 Å². The Kier molecular flexibility index (Phi) is 8.95. The van der Waals surface area contributed by atoms with Gasteiger partial charge in [0.2, 0.25) is 11.8 Å². The Hall–Kier alpha value is -4.62. The smallest absolute Gasteiger partial charge is 0.417 e. The van der Waals surface area contributed by atoms with Crippen LogP contribution in [0.1, 0.15) is 67.6 Å². The molecule has 1 aromatic heterocycles. The average Bonchev–Trinajstić information content (AvgIpc) is 3.53. The topological polar surface area (TPSA) is 129 Å². The van der Waals surface area contributed by atoms with Crippen molar-refractivity contribution >= 4 is 52.6 Å². The van der Waals surface area contributed by atoms with Crippen LogP contribution in [0.25, 0.3) is 0 Å². The number of anilines is 1. The lowest BCUT2D eigenvalue weighted by molar-refractivity contribution is -0.144. The van der Waals surface area contributed by atoms with Crippen molar-refractivity contribution in [2.75, 3.05) is 12.5 Å². The number of pyridine rings is 1. The number of fused-ring (bicyclic) bond motifs is 4. The summed E-state index contributed by atoms with van der Waals surface area (Å²) < 4.78 is 46.2. The normalized spacial score (nSPS) is 28.5. The molecule has 4 amide bonds. The minimum Gasteiger partial charge on any atom is -0.508 e. The molecule has 3 heterocycles. The zero-order valence-corrected chi connectivity index (χ0v) is 30.4. The Morgan fingerprint density at radius 1 is 0.944 bits per heavy atom. The van der Waals surface area contributed by atoms with Crippen LogP contribution in [0.5, 0.6) is 11.5 Å². The Balaban J connectivity index is 1.31. The maximum absolute atomic E-state index is 15.3. The SMILES string of the molecule is COc1cc(O)ccc1[C@H]1C2=CC[C@@H]3C(=O)N(C4CCCCC4)C(=O)[C@@H]3[C@@H]2C[C@H]2C(=O)N(Nc3ncc(C(F)(F)F)cc3Cl)C(=O)[C@@]12c1ccc(Cl)cc1. The summed E-state index contributed by atoms with van der Waals surface area (Å²) in [7, 11) is 1.41. The van der Waals surface area contributed by atoms with Gasteiger partial charge in [-0.05, 0) is 61.4 Å². The molecular weight excluding hydrogens is 748 g/mol. The van der Waals surface area contributed by atoms with Gasteiger partial charge in [0.1, 0.15) is 11.5 Å². The number of hydrogen-bond donors (Lipinski definition) is 2. The van der Waals surface area contributed by atoms with Crippen molar-refractivity contribution < 1.29 is 42.2 Å². The Labute approximate surface area is 318 Å². The second-order valence-electron chi connectivity index (χ2n) is 14.7. The first-order valence-corrected chi connectivity index (χ1v) is 18.6. The lowest BCUT2D eigenvalue weighted by Gasteiger charge is -2.50. The molecule has 3 aromatic rings. The molecule has 2 saturated heterocycles. The Morgan fingerprint density at radius 2 is 1.67 bits per heavy atom. The first-order chi connectivity index (χ1) is 25.8. The highest BCUT2D eigenvalue weighted by atomic mass is 35.5.